The Morgan fingerprint density at radius 3 is 2.67 bits per heavy atom. The monoisotopic (exact) mass is 405 g/mol. The molecule has 140 valence electrons. The van der Waals surface area contributed by atoms with Crippen LogP contribution in [-0.4, -0.2) is 37.7 Å². The van der Waals surface area contributed by atoms with E-state index in [1.807, 2.05) is 25.3 Å². The van der Waals surface area contributed by atoms with E-state index in [9.17, 15) is 9.59 Å². The number of ketones is 1. The Hall–Kier alpha value is -2.64. The van der Waals surface area contributed by atoms with Gasteiger partial charge in [0.1, 0.15) is 11.4 Å². The molecule has 0 radical (unpaired) electrons. The number of Topliss-reactive ketones (excluding diaryl/α,β-unsaturated/α-hetero) is 1. The Kier molecular flexibility index (Phi) is 5.62. The van der Waals surface area contributed by atoms with Gasteiger partial charge in [0.05, 0.1) is 22.3 Å². The minimum absolute atomic E-state index is 0.192. The summed E-state index contributed by atoms with van der Waals surface area (Å²) >= 11 is 12.0. The van der Waals surface area contributed by atoms with Gasteiger partial charge in [-0.2, -0.15) is 10.2 Å². The number of hydrogen-bond acceptors (Lipinski definition) is 4. The van der Waals surface area contributed by atoms with E-state index in [4.69, 9.17) is 23.2 Å². The van der Waals surface area contributed by atoms with Gasteiger partial charge in [0, 0.05) is 24.7 Å². The smallest absolute Gasteiger partial charge is 0.269 e. The van der Waals surface area contributed by atoms with Gasteiger partial charge in [0.25, 0.3) is 5.91 Å². The molecule has 1 aromatic carbocycles. The molecule has 2 aromatic heterocycles. The Bertz CT molecular complexity index is 995. The van der Waals surface area contributed by atoms with E-state index >= 15 is 0 Å². The fourth-order valence-corrected chi connectivity index (χ4v) is 2.82. The molecular weight excluding hydrogens is 389 g/mol. The maximum Gasteiger partial charge on any atom is 0.269 e. The average Bonchev–Trinajstić information content (AvgIpc) is 3.26. The van der Waals surface area contributed by atoms with Crippen molar-refractivity contribution >= 4 is 34.9 Å². The minimum Gasteiger partial charge on any atom is -0.346 e. The summed E-state index contributed by atoms with van der Waals surface area (Å²) < 4.78 is 1.73. The summed E-state index contributed by atoms with van der Waals surface area (Å²) in [4.78, 5) is 23.5. The molecule has 1 amide bonds. The first-order valence-corrected chi connectivity index (χ1v) is 8.95. The first kappa shape index (κ1) is 19.1. The molecule has 0 fully saturated rings. The lowest BCUT2D eigenvalue weighted by molar-refractivity contribution is 0.0930. The van der Waals surface area contributed by atoms with Gasteiger partial charge in [-0.15, -0.1) is 0 Å². The van der Waals surface area contributed by atoms with Crippen LogP contribution in [-0.2, 0) is 6.54 Å². The summed E-state index contributed by atoms with van der Waals surface area (Å²) in [6.07, 6.45) is 1.82. The molecule has 3 aromatic rings. The van der Waals surface area contributed by atoms with Crippen molar-refractivity contribution in [3.63, 3.8) is 0 Å². The summed E-state index contributed by atoms with van der Waals surface area (Å²) in [5.74, 6) is -0.538. The number of benzene rings is 1. The molecule has 0 saturated heterocycles. The second-order valence-electron chi connectivity index (χ2n) is 6.15. The molecule has 0 spiro atoms. The van der Waals surface area contributed by atoms with E-state index in [0.29, 0.717) is 16.6 Å². The zero-order valence-corrected chi connectivity index (χ0v) is 16.2. The van der Waals surface area contributed by atoms with Crippen molar-refractivity contribution in [1.29, 1.82) is 0 Å². The topological polar surface area (TPSA) is 92.7 Å². The van der Waals surface area contributed by atoms with Gasteiger partial charge in [0.2, 0.25) is 0 Å². The third-order valence-corrected chi connectivity index (χ3v) is 4.62. The highest BCUT2D eigenvalue weighted by Gasteiger charge is 2.15. The largest absolute Gasteiger partial charge is 0.346 e. The molecule has 2 heterocycles. The van der Waals surface area contributed by atoms with Crippen LogP contribution < -0.4 is 5.32 Å². The van der Waals surface area contributed by atoms with Crippen LogP contribution in [0.5, 0.6) is 0 Å². The molecule has 2 N–H and O–H groups in total. The molecule has 0 aliphatic rings. The van der Waals surface area contributed by atoms with Gasteiger partial charge in [0.15, 0.2) is 5.78 Å². The Labute approximate surface area is 165 Å². The predicted octanol–water partition coefficient (Wildman–Crippen LogP) is 3.60. The average molecular weight is 406 g/mol. The highest BCUT2D eigenvalue weighted by Crippen LogP contribution is 2.27. The lowest BCUT2D eigenvalue weighted by Gasteiger charge is -2.13. The van der Waals surface area contributed by atoms with Gasteiger partial charge in [-0.3, -0.25) is 19.4 Å². The number of aromatic nitrogens is 4. The molecule has 1 unspecified atom stereocenters. The maximum absolute atomic E-state index is 12.2. The lowest BCUT2D eigenvalue weighted by Crippen LogP contribution is -2.36. The van der Waals surface area contributed by atoms with Crippen LogP contribution >= 0.6 is 23.2 Å². The van der Waals surface area contributed by atoms with Crippen molar-refractivity contribution in [2.45, 2.75) is 26.4 Å². The van der Waals surface area contributed by atoms with Crippen molar-refractivity contribution < 1.29 is 9.59 Å². The quantitative estimate of drug-likeness (QED) is 0.612. The first-order valence-electron chi connectivity index (χ1n) is 8.19. The van der Waals surface area contributed by atoms with Crippen molar-refractivity contribution in [2.24, 2.45) is 0 Å². The van der Waals surface area contributed by atoms with Gasteiger partial charge >= 0.3 is 0 Å². The highest BCUT2D eigenvalue weighted by atomic mass is 35.5. The van der Waals surface area contributed by atoms with Gasteiger partial charge in [-0.1, -0.05) is 29.3 Å². The number of nitrogens with one attached hydrogen (secondary N) is 2. The second kappa shape index (κ2) is 7.94. The predicted molar refractivity (Wildman–Crippen MR) is 103 cm³/mol. The number of H-pyrrole nitrogens is 1. The molecule has 0 aliphatic heterocycles. The van der Waals surface area contributed by atoms with Crippen LogP contribution in [0.1, 0.15) is 34.8 Å². The maximum atomic E-state index is 12.2. The van der Waals surface area contributed by atoms with Crippen LogP contribution in [0.25, 0.3) is 11.3 Å². The fourth-order valence-electron chi connectivity index (χ4n) is 2.52. The number of aromatic amines is 1. The van der Waals surface area contributed by atoms with Crippen LogP contribution in [0.2, 0.25) is 10.0 Å². The van der Waals surface area contributed by atoms with E-state index in [-0.39, 0.29) is 29.1 Å². The summed E-state index contributed by atoms with van der Waals surface area (Å²) in [5, 5.41) is 14.7. The molecule has 7 nitrogen and oxygen atoms in total. The molecule has 9 heteroatoms. The summed E-state index contributed by atoms with van der Waals surface area (Å²) in [6.45, 7) is 3.73. The van der Waals surface area contributed by atoms with E-state index in [0.717, 1.165) is 11.3 Å². The van der Waals surface area contributed by atoms with E-state index in [1.54, 1.807) is 16.8 Å². The Balaban J connectivity index is 1.63. The number of nitrogens with zero attached hydrogens (tertiary/aromatic N) is 3. The number of carbonyl (C=O) groups is 2. The minimum atomic E-state index is -0.334. The van der Waals surface area contributed by atoms with Gasteiger partial charge in [-0.25, -0.2) is 0 Å². The fraction of sp³-hybridized carbons (Fsp3) is 0.222. The SMILES string of the molecule is CC(=O)c1cc(C(=O)NC(C)Cn2ccc(-c3ccc(Cl)c(Cl)c3)n2)[nH]n1. The molecule has 27 heavy (non-hydrogen) atoms. The summed E-state index contributed by atoms with van der Waals surface area (Å²) in [7, 11) is 0. The standard InChI is InChI=1S/C18H17Cl2N5O2/c1-10(21-18(27)17-8-16(11(2)26)22-23-17)9-25-6-5-15(24-25)12-3-4-13(19)14(20)7-12/h3-8,10H,9H2,1-2H3,(H,21,27)(H,22,23). The van der Waals surface area contributed by atoms with Gasteiger partial charge in [-0.05, 0) is 31.2 Å². The lowest BCUT2D eigenvalue weighted by atomic mass is 10.2. The van der Waals surface area contributed by atoms with Crippen LogP contribution in [0, 0.1) is 0 Å². The normalized spacial score (nSPS) is 12.0. The van der Waals surface area contributed by atoms with E-state index in [1.165, 1.54) is 13.0 Å². The molecule has 3 rings (SSSR count). The van der Waals surface area contributed by atoms with Crippen molar-refractivity contribution in [1.82, 2.24) is 25.3 Å². The van der Waals surface area contributed by atoms with Crippen molar-refractivity contribution in [3.8, 4) is 11.3 Å². The number of halogens is 2. The number of carbonyl (C=O) groups excluding carboxylic acids is 2. The molecular formula is C18H17Cl2N5O2. The molecule has 0 bridgehead atoms. The summed E-state index contributed by atoms with van der Waals surface area (Å²) in [6, 6.07) is 8.43. The van der Waals surface area contributed by atoms with Gasteiger partial charge < -0.3 is 5.32 Å². The van der Waals surface area contributed by atoms with Crippen LogP contribution in [0.4, 0.5) is 0 Å². The molecule has 0 saturated carbocycles. The Morgan fingerprint density at radius 1 is 1.22 bits per heavy atom. The van der Waals surface area contributed by atoms with Crippen LogP contribution in [0.15, 0.2) is 36.5 Å². The number of amides is 1. The Morgan fingerprint density at radius 2 is 2.00 bits per heavy atom. The third kappa shape index (κ3) is 4.56. The van der Waals surface area contributed by atoms with E-state index in [2.05, 4.69) is 20.6 Å². The van der Waals surface area contributed by atoms with E-state index < -0.39 is 0 Å². The zero-order chi connectivity index (χ0) is 19.6. The molecule has 1 atom stereocenters. The number of rotatable bonds is 6. The van der Waals surface area contributed by atoms with Crippen LogP contribution in [0.3, 0.4) is 0 Å². The zero-order valence-electron chi connectivity index (χ0n) is 14.7. The van der Waals surface area contributed by atoms with Crippen molar-refractivity contribution in [3.05, 3.63) is 58.0 Å². The van der Waals surface area contributed by atoms with Crippen molar-refractivity contribution in [2.75, 3.05) is 0 Å². The number of hydrogen-bond donors (Lipinski definition) is 2. The third-order valence-electron chi connectivity index (χ3n) is 3.88. The second-order valence-corrected chi connectivity index (χ2v) is 6.96. The molecule has 0 aliphatic carbocycles. The summed E-state index contributed by atoms with van der Waals surface area (Å²) in [5.41, 5.74) is 2.08. The first-order chi connectivity index (χ1) is 12.8. The highest BCUT2D eigenvalue weighted by molar-refractivity contribution is 6.42.